The molecule has 0 saturated carbocycles. The van der Waals surface area contributed by atoms with Gasteiger partial charge in [-0.1, -0.05) is 15.9 Å². The molecule has 0 spiro atoms. The lowest BCUT2D eigenvalue weighted by Crippen LogP contribution is -2.51. The summed E-state index contributed by atoms with van der Waals surface area (Å²) >= 11 is 3.10. The third-order valence-corrected chi connectivity index (χ3v) is 3.72. The Balaban J connectivity index is 1.97. The van der Waals surface area contributed by atoms with Gasteiger partial charge in [0.1, 0.15) is 5.82 Å². The van der Waals surface area contributed by atoms with Crippen LogP contribution >= 0.6 is 15.9 Å². The Kier molecular flexibility index (Phi) is 4.88. The Morgan fingerprint density at radius 2 is 1.81 bits per heavy atom. The van der Waals surface area contributed by atoms with Gasteiger partial charge in [0.25, 0.3) is 5.91 Å². The predicted octanol–water partition coefficient (Wildman–Crippen LogP) is 2.91. The number of nitrogens with zero attached hydrogens (tertiary/aromatic N) is 2. The summed E-state index contributed by atoms with van der Waals surface area (Å²) in [6, 6.07) is 4.10. The fourth-order valence-electron chi connectivity index (χ4n) is 2.20. The number of halogens is 5. The standard InChI is InChI=1S/C13H13BrF4N2O/c14-9-1-2-10(11(15)7-9)12(21)20-5-3-19(4-6-20)8-13(16,17)18/h1-2,7H,3-6,8H2. The van der Waals surface area contributed by atoms with Crippen molar-refractivity contribution in [3.8, 4) is 0 Å². The van der Waals surface area contributed by atoms with Crippen LogP contribution in [0.1, 0.15) is 10.4 Å². The van der Waals surface area contributed by atoms with E-state index in [1.165, 1.54) is 21.9 Å². The first-order valence-electron chi connectivity index (χ1n) is 6.30. The number of hydrogen-bond acceptors (Lipinski definition) is 2. The van der Waals surface area contributed by atoms with Gasteiger partial charge in [0.15, 0.2) is 0 Å². The topological polar surface area (TPSA) is 23.6 Å². The molecule has 8 heteroatoms. The lowest BCUT2D eigenvalue weighted by molar-refractivity contribution is -0.148. The Morgan fingerprint density at radius 1 is 1.19 bits per heavy atom. The second-order valence-corrected chi connectivity index (χ2v) is 5.72. The van der Waals surface area contributed by atoms with E-state index in [0.717, 1.165) is 0 Å². The van der Waals surface area contributed by atoms with Gasteiger partial charge in [-0.15, -0.1) is 0 Å². The van der Waals surface area contributed by atoms with Crippen LogP contribution in [-0.4, -0.2) is 54.6 Å². The Labute approximate surface area is 127 Å². The Hall–Kier alpha value is -1.15. The molecule has 1 amide bonds. The van der Waals surface area contributed by atoms with Crippen molar-refractivity contribution in [1.29, 1.82) is 0 Å². The fourth-order valence-corrected chi connectivity index (χ4v) is 2.53. The van der Waals surface area contributed by atoms with Crippen LogP contribution in [0.25, 0.3) is 0 Å². The molecule has 0 aliphatic carbocycles. The third-order valence-electron chi connectivity index (χ3n) is 3.22. The van der Waals surface area contributed by atoms with Gasteiger partial charge >= 0.3 is 6.18 Å². The molecular formula is C13H13BrF4N2O. The zero-order valence-electron chi connectivity index (χ0n) is 11.0. The van der Waals surface area contributed by atoms with E-state index in [1.54, 1.807) is 6.07 Å². The molecule has 0 unspecified atom stereocenters. The zero-order chi connectivity index (χ0) is 15.6. The quantitative estimate of drug-likeness (QED) is 0.749. The Morgan fingerprint density at radius 3 is 2.33 bits per heavy atom. The molecule has 0 aromatic heterocycles. The molecular weight excluding hydrogens is 356 g/mol. The largest absolute Gasteiger partial charge is 0.401 e. The highest BCUT2D eigenvalue weighted by molar-refractivity contribution is 9.10. The van der Waals surface area contributed by atoms with Gasteiger partial charge in [-0.25, -0.2) is 4.39 Å². The van der Waals surface area contributed by atoms with E-state index in [9.17, 15) is 22.4 Å². The zero-order valence-corrected chi connectivity index (χ0v) is 12.5. The number of rotatable bonds is 2. The summed E-state index contributed by atoms with van der Waals surface area (Å²) in [5.41, 5.74) is -0.0672. The van der Waals surface area contributed by atoms with E-state index in [-0.39, 0.29) is 31.7 Å². The molecule has 1 heterocycles. The van der Waals surface area contributed by atoms with Gasteiger partial charge in [0, 0.05) is 30.7 Å². The minimum Gasteiger partial charge on any atom is -0.336 e. The van der Waals surface area contributed by atoms with Crippen LogP contribution in [0.2, 0.25) is 0 Å². The van der Waals surface area contributed by atoms with E-state index < -0.39 is 24.4 Å². The molecule has 2 rings (SSSR count). The number of benzene rings is 1. The number of carbonyl (C=O) groups excluding carboxylic acids is 1. The molecule has 0 N–H and O–H groups in total. The number of carbonyl (C=O) groups is 1. The maximum atomic E-state index is 13.7. The summed E-state index contributed by atoms with van der Waals surface area (Å²) in [6.45, 7) is -0.413. The molecule has 0 atom stereocenters. The summed E-state index contributed by atoms with van der Waals surface area (Å²) in [5.74, 6) is -1.14. The van der Waals surface area contributed by atoms with Gasteiger partial charge < -0.3 is 4.90 Å². The van der Waals surface area contributed by atoms with Gasteiger partial charge in [-0.2, -0.15) is 13.2 Å². The molecule has 3 nitrogen and oxygen atoms in total. The van der Waals surface area contributed by atoms with E-state index in [1.807, 2.05) is 0 Å². The van der Waals surface area contributed by atoms with Crippen LogP contribution in [0, 0.1) is 5.82 Å². The average molecular weight is 369 g/mol. The highest BCUT2D eigenvalue weighted by atomic mass is 79.9. The van der Waals surface area contributed by atoms with Crippen LogP contribution < -0.4 is 0 Å². The van der Waals surface area contributed by atoms with Gasteiger partial charge in [-0.05, 0) is 18.2 Å². The molecule has 1 aromatic carbocycles. The van der Waals surface area contributed by atoms with Gasteiger partial charge in [0.2, 0.25) is 0 Å². The molecule has 116 valence electrons. The maximum absolute atomic E-state index is 13.7. The van der Waals surface area contributed by atoms with Crippen molar-refractivity contribution < 1.29 is 22.4 Å². The smallest absolute Gasteiger partial charge is 0.336 e. The molecule has 1 saturated heterocycles. The maximum Gasteiger partial charge on any atom is 0.401 e. The van der Waals surface area contributed by atoms with Crippen molar-refractivity contribution in [3.05, 3.63) is 34.1 Å². The first kappa shape index (κ1) is 16.2. The average Bonchev–Trinajstić information content (AvgIpc) is 2.37. The SMILES string of the molecule is O=C(c1ccc(Br)cc1F)N1CCN(CC(F)(F)F)CC1. The van der Waals surface area contributed by atoms with Crippen molar-refractivity contribution in [1.82, 2.24) is 9.80 Å². The summed E-state index contributed by atoms with van der Waals surface area (Å²) in [6.07, 6.45) is -4.25. The van der Waals surface area contributed by atoms with Crippen LogP contribution in [0.4, 0.5) is 17.6 Å². The van der Waals surface area contributed by atoms with Crippen molar-refractivity contribution >= 4 is 21.8 Å². The second-order valence-electron chi connectivity index (χ2n) is 4.81. The van der Waals surface area contributed by atoms with Crippen LogP contribution in [0.3, 0.4) is 0 Å². The minimum absolute atomic E-state index is 0.0672. The van der Waals surface area contributed by atoms with Crippen LogP contribution in [0.5, 0.6) is 0 Å². The first-order valence-corrected chi connectivity index (χ1v) is 7.09. The van der Waals surface area contributed by atoms with Crippen molar-refractivity contribution in [2.24, 2.45) is 0 Å². The van der Waals surface area contributed by atoms with Crippen LogP contribution in [0.15, 0.2) is 22.7 Å². The Bertz CT molecular complexity index is 527. The van der Waals surface area contributed by atoms with Crippen molar-refractivity contribution in [3.63, 3.8) is 0 Å². The molecule has 1 aromatic rings. The normalized spacial score (nSPS) is 17.1. The lowest BCUT2D eigenvalue weighted by atomic mass is 10.1. The summed E-state index contributed by atoms with van der Waals surface area (Å²) in [5, 5.41) is 0. The minimum atomic E-state index is -4.25. The molecule has 21 heavy (non-hydrogen) atoms. The van der Waals surface area contributed by atoms with E-state index >= 15 is 0 Å². The monoisotopic (exact) mass is 368 g/mol. The number of piperazine rings is 1. The molecule has 0 bridgehead atoms. The van der Waals surface area contributed by atoms with Crippen LogP contribution in [-0.2, 0) is 0 Å². The fraction of sp³-hybridized carbons (Fsp3) is 0.462. The van der Waals surface area contributed by atoms with Crippen molar-refractivity contribution in [2.75, 3.05) is 32.7 Å². The summed E-state index contributed by atoms with van der Waals surface area (Å²) in [7, 11) is 0. The van der Waals surface area contributed by atoms with E-state index in [0.29, 0.717) is 4.47 Å². The van der Waals surface area contributed by atoms with Crippen molar-refractivity contribution in [2.45, 2.75) is 6.18 Å². The first-order chi connectivity index (χ1) is 9.76. The van der Waals surface area contributed by atoms with Gasteiger partial charge in [-0.3, -0.25) is 9.69 Å². The molecule has 1 aliphatic rings. The van der Waals surface area contributed by atoms with E-state index in [2.05, 4.69) is 15.9 Å². The number of hydrogen-bond donors (Lipinski definition) is 0. The van der Waals surface area contributed by atoms with E-state index in [4.69, 9.17) is 0 Å². The predicted molar refractivity (Wildman–Crippen MR) is 72.5 cm³/mol. The van der Waals surface area contributed by atoms with Gasteiger partial charge in [0.05, 0.1) is 12.1 Å². The third kappa shape index (κ3) is 4.41. The lowest BCUT2D eigenvalue weighted by Gasteiger charge is -2.35. The molecule has 1 fully saturated rings. The summed E-state index contributed by atoms with van der Waals surface area (Å²) in [4.78, 5) is 14.8. The highest BCUT2D eigenvalue weighted by Gasteiger charge is 2.33. The molecule has 1 aliphatic heterocycles. The number of amides is 1. The number of alkyl halides is 3. The summed E-state index contributed by atoms with van der Waals surface area (Å²) < 4.78 is 51.1. The second kappa shape index (κ2) is 6.31. The molecule has 0 radical (unpaired) electrons. The highest BCUT2D eigenvalue weighted by Crippen LogP contribution is 2.20.